The molecule has 146 valence electrons. The van der Waals surface area contributed by atoms with Gasteiger partial charge >= 0.3 is 0 Å². The molecule has 30 heavy (non-hydrogen) atoms. The van der Waals surface area contributed by atoms with E-state index < -0.39 is 23.0 Å². The Labute approximate surface area is 168 Å². The van der Waals surface area contributed by atoms with Crippen molar-refractivity contribution < 1.29 is 13.6 Å². The summed E-state index contributed by atoms with van der Waals surface area (Å²) in [6.45, 7) is 0. The summed E-state index contributed by atoms with van der Waals surface area (Å²) in [6.07, 6.45) is 6.22. The van der Waals surface area contributed by atoms with Crippen LogP contribution in [0.25, 0.3) is 33.1 Å². The van der Waals surface area contributed by atoms with Crippen LogP contribution in [-0.2, 0) is 0 Å². The summed E-state index contributed by atoms with van der Waals surface area (Å²) in [7, 11) is 0. The Kier molecular flexibility index (Phi) is 3.99. The molecule has 6 nitrogen and oxygen atoms in total. The van der Waals surface area contributed by atoms with Crippen molar-refractivity contribution in [2.75, 3.05) is 5.73 Å². The van der Waals surface area contributed by atoms with Crippen molar-refractivity contribution in [1.82, 2.24) is 19.9 Å². The molecule has 5 aromatic rings. The van der Waals surface area contributed by atoms with Gasteiger partial charge in [0.1, 0.15) is 17.8 Å². The number of halogens is 2. The lowest BCUT2D eigenvalue weighted by atomic mass is 9.99. The van der Waals surface area contributed by atoms with Crippen LogP contribution < -0.4 is 5.73 Å². The van der Waals surface area contributed by atoms with Gasteiger partial charge in [0.15, 0.2) is 5.82 Å². The molecule has 0 aliphatic rings. The lowest BCUT2D eigenvalue weighted by Crippen LogP contribution is -2.09. The van der Waals surface area contributed by atoms with Crippen LogP contribution in [0, 0.1) is 11.6 Å². The van der Waals surface area contributed by atoms with Crippen LogP contribution in [-0.4, -0.2) is 25.7 Å². The summed E-state index contributed by atoms with van der Waals surface area (Å²) in [6, 6.07) is 9.45. The molecule has 3 aromatic heterocycles. The van der Waals surface area contributed by atoms with Crippen LogP contribution in [0.5, 0.6) is 0 Å². The maximum Gasteiger partial charge on any atom is 0.201 e. The first-order valence-corrected chi connectivity index (χ1v) is 8.98. The van der Waals surface area contributed by atoms with E-state index in [1.165, 1.54) is 12.5 Å². The first-order valence-electron chi connectivity index (χ1n) is 8.98. The molecular formula is C22H13F2N5O. The van der Waals surface area contributed by atoms with Gasteiger partial charge in [0.2, 0.25) is 5.78 Å². The number of hydrogen-bond acceptors (Lipinski definition) is 5. The largest absolute Gasteiger partial charge is 0.396 e. The van der Waals surface area contributed by atoms with Crippen molar-refractivity contribution in [3.05, 3.63) is 84.1 Å². The Bertz CT molecular complexity index is 1460. The number of benzene rings is 2. The Morgan fingerprint density at radius 3 is 2.73 bits per heavy atom. The quantitative estimate of drug-likeness (QED) is 0.348. The minimum Gasteiger partial charge on any atom is -0.396 e. The van der Waals surface area contributed by atoms with Gasteiger partial charge in [-0.2, -0.15) is 0 Å². The number of hydrogen-bond donors (Lipinski definition) is 2. The van der Waals surface area contributed by atoms with Crippen molar-refractivity contribution in [2.45, 2.75) is 0 Å². The highest BCUT2D eigenvalue weighted by atomic mass is 19.1. The molecule has 0 radical (unpaired) electrons. The van der Waals surface area contributed by atoms with E-state index in [-0.39, 0.29) is 11.3 Å². The third-order valence-electron chi connectivity index (χ3n) is 4.96. The number of nitrogens with one attached hydrogen (secondary N) is 1. The third-order valence-corrected chi connectivity index (χ3v) is 4.96. The number of nitrogens with two attached hydrogens (primary N) is 1. The summed E-state index contributed by atoms with van der Waals surface area (Å²) in [5, 5.41) is 1.30. The van der Waals surface area contributed by atoms with Crippen molar-refractivity contribution in [1.29, 1.82) is 0 Å². The average molecular weight is 401 g/mol. The number of H-pyrrole nitrogens is 1. The van der Waals surface area contributed by atoms with Crippen LogP contribution in [0.4, 0.5) is 14.5 Å². The van der Waals surface area contributed by atoms with Crippen molar-refractivity contribution >= 4 is 33.4 Å². The van der Waals surface area contributed by atoms with Gasteiger partial charge in [0.05, 0.1) is 16.8 Å². The maximum absolute atomic E-state index is 14.4. The Hall–Kier alpha value is -4.20. The number of nitrogens with zero attached hydrogens (tertiary/aromatic N) is 3. The zero-order valence-corrected chi connectivity index (χ0v) is 15.4. The van der Waals surface area contributed by atoms with E-state index >= 15 is 0 Å². The predicted molar refractivity (Wildman–Crippen MR) is 109 cm³/mol. The molecule has 5 rings (SSSR count). The normalized spacial score (nSPS) is 11.3. The molecule has 0 atom stereocenters. The Balaban J connectivity index is 1.65. The molecule has 3 N–H and O–H groups in total. The molecule has 2 aromatic carbocycles. The second-order valence-electron chi connectivity index (χ2n) is 6.77. The zero-order chi connectivity index (χ0) is 20.8. The van der Waals surface area contributed by atoms with Crippen LogP contribution in [0.3, 0.4) is 0 Å². The molecular weight excluding hydrogens is 388 g/mol. The van der Waals surface area contributed by atoms with Gasteiger partial charge in [0.25, 0.3) is 0 Å². The fourth-order valence-corrected chi connectivity index (χ4v) is 3.42. The van der Waals surface area contributed by atoms with E-state index in [1.54, 1.807) is 18.5 Å². The van der Waals surface area contributed by atoms with E-state index in [1.807, 2.05) is 18.2 Å². The van der Waals surface area contributed by atoms with Gasteiger partial charge in [0, 0.05) is 40.5 Å². The summed E-state index contributed by atoms with van der Waals surface area (Å²) >= 11 is 0. The van der Waals surface area contributed by atoms with Crippen molar-refractivity contribution in [3.63, 3.8) is 0 Å². The first-order chi connectivity index (χ1) is 14.5. The molecule has 0 aliphatic heterocycles. The number of nitrogen functional groups attached to an aromatic ring is 1. The molecule has 8 heteroatoms. The Morgan fingerprint density at radius 2 is 1.87 bits per heavy atom. The minimum atomic E-state index is -1.08. The molecule has 0 saturated carbocycles. The van der Waals surface area contributed by atoms with Crippen LogP contribution in [0.15, 0.2) is 61.3 Å². The molecule has 0 spiro atoms. The number of pyridine rings is 1. The van der Waals surface area contributed by atoms with Gasteiger partial charge < -0.3 is 10.7 Å². The zero-order valence-electron chi connectivity index (χ0n) is 15.4. The smallest absolute Gasteiger partial charge is 0.201 e. The van der Waals surface area contributed by atoms with E-state index in [0.717, 1.165) is 34.2 Å². The number of anilines is 1. The molecule has 0 fully saturated rings. The first kappa shape index (κ1) is 17.9. The fourth-order valence-electron chi connectivity index (χ4n) is 3.42. The highest BCUT2D eigenvalue weighted by molar-refractivity contribution is 6.16. The van der Waals surface area contributed by atoms with Gasteiger partial charge in [-0.15, -0.1) is 0 Å². The second-order valence-corrected chi connectivity index (χ2v) is 6.77. The van der Waals surface area contributed by atoms with Crippen molar-refractivity contribution in [2.24, 2.45) is 0 Å². The second kappa shape index (κ2) is 6.70. The number of carbonyl (C=O) groups excluding carboxylic acids is 1. The van der Waals surface area contributed by atoms with Crippen LogP contribution in [0.1, 0.15) is 15.9 Å². The molecule has 0 aliphatic carbocycles. The van der Waals surface area contributed by atoms with E-state index in [0.29, 0.717) is 11.0 Å². The van der Waals surface area contributed by atoms with Crippen LogP contribution in [0.2, 0.25) is 0 Å². The minimum absolute atomic E-state index is 0.104. The molecule has 0 unspecified atom stereocenters. The molecule has 0 saturated heterocycles. The molecule has 0 bridgehead atoms. The molecule has 0 amide bonds. The highest BCUT2D eigenvalue weighted by Crippen LogP contribution is 2.29. The standard InChI is InChI=1S/C22H13F2N5O/c23-16-2-3-17(25)20(24)19(16)21(30)15-9-28-22-14(15)6-12(8-27-22)11-1-4-18-13(5-11)7-26-10-29-18/h1-10H,25H2,(H,27,28). The third kappa shape index (κ3) is 2.77. The summed E-state index contributed by atoms with van der Waals surface area (Å²) in [5.41, 5.74) is 7.43. The monoisotopic (exact) mass is 401 g/mol. The molecule has 3 heterocycles. The number of aromatic nitrogens is 4. The topological polar surface area (TPSA) is 97.6 Å². The summed E-state index contributed by atoms with van der Waals surface area (Å²) in [5.74, 6) is -2.86. The highest BCUT2D eigenvalue weighted by Gasteiger charge is 2.24. The SMILES string of the molecule is Nc1ccc(F)c(C(=O)c2c[nH]c3ncc(-c4ccc5ncncc5c4)cc23)c1F. The number of rotatable bonds is 3. The van der Waals surface area contributed by atoms with E-state index in [9.17, 15) is 13.6 Å². The van der Waals surface area contributed by atoms with E-state index in [4.69, 9.17) is 5.73 Å². The van der Waals surface area contributed by atoms with Gasteiger partial charge in [-0.1, -0.05) is 6.07 Å². The van der Waals surface area contributed by atoms with Gasteiger partial charge in [-0.05, 0) is 35.9 Å². The van der Waals surface area contributed by atoms with E-state index in [2.05, 4.69) is 19.9 Å². The Morgan fingerprint density at radius 1 is 1.00 bits per heavy atom. The van der Waals surface area contributed by atoms with Gasteiger partial charge in [-0.25, -0.2) is 23.7 Å². The number of carbonyl (C=O) groups is 1. The number of aromatic amines is 1. The summed E-state index contributed by atoms with van der Waals surface area (Å²) in [4.78, 5) is 28.4. The predicted octanol–water partition coefficient (Wildman–Crippen LogP) is 4.26. The lowest BCUT2D eigenvalue weighted by Gasteiger charge is -2.07. The number of ketones is 1. The van der Waals surface area contributed by atoms with Crippen molar-refractivity contribution in [3.8, 4) is 11.1 Å². The fraction of sp³-hybridized carbons (Fsp3) is 0. The number of fused-ring (bicyclic) bond motifs is 2. The van der Waals surface area contributed by atoms with Gasteiger partial charge in [-0.3, -0.25) is 4.79 Å². The van der Waals surface area contributed by atoms with Crippen LogP contribution >= 0.6 is 0 Å². The lowest BCUT2D eigenvalue weighted by molar-refractivity contribution is 0.103. The summed E-state index contributed by atoms with van der Waals surface area (Å²) < 4.78 is 28.6. The maximum atomic E-state index is 14.4. The average Bonchev–Trinajstić information content (AvgIpc) is 3.19.